The number of pyridine rings is 1. The van der Waals surface area contributed by atoms with E-state index in [1.165, 1.54) is 0 Å². The van der Waals surface area contributed by atoms with E-state index in [0.29, 0.717) is 5.82 Å². The summed E-state index contributed by atoms with van der Waals surface area (Å²) >= 11 is 0. The zero-order chi connectivity index (χ0) is 14.1. The fraction of sp³-hybridized carbons (Fsp3) is 0.364. The molecule has 2 rings (SSSR count). The van der Waals surface area contributed by atoms with Crippen LogP contribution in [0.2, 0.25) is 0 Å². The summed E-state index contributed by atoms with van der Waals surface area (Å²) in [6.07, 6.45) is 4.31. The Balaban J connectivity index is 2.31. The molecule has 0 aliphatic heterocycles. The first kappa shape index (κ1) is 13.6. The van der Waals surface area contributed by atoms with Crippen molar-refractivity contribution in [1.29, 1.82) is 0 Å². The van der Waals surface area contributed by atoms with Gasteiger partial charge in [0, 0.05) is 18.0 Å². The van der Waals surface area contributed by atoms with Crippen LogP contribution in [0.1, 0.15) is 19.7 Å². The van der Waals surface area contributed by atoms with Crippen molar-refractivity contribution in [3.8, 4) is 11.4 Å². The molecule has 0 aliphatic carbocycles. The van der Waals surface area contributed by atoms with Crippen molar-refractivity contribution >= 4 is 10.0 Å². The van der Waals surface area contributed by atoms with Crippen molar-refractivity contribution in [2.24, 2.45) is 0 Å². The molecule has 0 fully saturated rings. The predicted octanol–water partition coefficient (Wildman–Crippen LogP) is 0.916. The molecule has 0 atom stereocenters. The van der Waals surface area contributed by atoms with Crippen LogP contribution >= 0.6 is 0 Å². The molecule has 2 aromatic heterocycles. The lowest BCUT2D eigenvalue weighted by Crippen LogP contribution is -2.40. The van der Waals surface area contributed by atoms with E-state index in [1.807, 2.05) is 0 Å². The minimum absolute atomic E-state index is 0.199. The number of sulfonamides is 1. The number of hydrogen-bond acceptors (Lipinski definition) is 6. The summed E-state index contributed by atoms with van der Waals surface area (Å²) in [5.74, 6) is 0.588. The van der Waals surface area contributed by atoms with Crippen LogP contribution in [0.25, 0.3) is 11.4 Å². The van der Waals surface area contributed by atoms with Gasteiger partial charge < -0.3 is 4.52 Å². The number of nitrogens with zero attached hydrogens (tertiary/aromatic N) is 3. The van der Waals surface area contributed by atoms with E-state index in [-0.39, 0.29) is 5.89 Å². The molecular formula is C11H14N4O3S. The van der Waals surface area contributed by atoms with Gasteiger partial charge in [-0.1, -0.05) is 5.16 Å². The van der Waals surface area contributed by atoms with Gasteiger partial charge in [0.1, 0.15) is 5.54 Å². The Kier molecular flexibility index (Phi) is 3.38. The molecule has 0 bridgehead atoms. The Morgan fingerprint density at radius 3 is 2.47 bits per heavy atom. The van der Waals surface area contributed by atoms with Crippen molar-refractivity contribution in [3.63, 3.8) is 0 Å². The highest BCUT2D eigenvalue weighted by atomic mass is 32.2. The van der Waals surface area contributed by atoms with Gasteiger partial charge in [0.2, 0.25) is 21.7 Å². The lowest BCUT2D eigenvalue weighted by molar-refractivity contribution is 0.296. The van der Waals surface area contributed by atoms with Gasteiger partial charge in [-0.3, -0.25) is 4.98 Å². The first-order valence-corrected chi connectivity index (χ1v) is 7.41. The molecule has 8 heteroatoms. The molecular weight excluding hydrogens is 268 g/mol. The first-order chi connectivity index (χ1) is 8.78. The Labute approximate surface area is 111 Å². The minimum atomic E-state index is -3.37. The molecule has 0 amide bonds. The standard InChI is InChI=1S/C11H14N4O3S/c1-11(2,15-19(3,16)17)10-13-9(14-18-10)8-4-6-12-7-5-8/h4-7,15H,1-3H3. The number of nitrogens with one attached hydrogen (secondary N) is 1. The highest BCUT2D eigenvalue weighted by Gasteiger charge is 2.30. The Morgan fingerprint density at radius 1 is 1.26 bits per heavy atom. The Bertz CT molecular complexity index is 664. The molecule has 0 aliphatic rings. The van der Waals surface area contributed by atoms with Crippen molar-refractivity contribution in [2.75, 3.05) is 6.26 Å². The topological polar surface area (TPSA) is 98.0 Å². The summed E-state index contributed by atoms with van der Waals surface area (Å²) in [4.78, 5) is 8.10. The molecule has 19 heavy (non-hydrogen) atoms. The second-order valence-corrected chi connectivity index (χ2v) is 6.41. The Hall–Kier alpha value is -1.80. The quantitative estimate of drug-likeness (QED) is 0.895. The van der Waals surface area contributed by atoms with Crippen LogP contribution in [0.15, 0.2) is 29.0 Å². The SMILES string of the molecule is CC(C)(NS(C)(=O)=O)c1nc(-c2ccncc2)no1. The predicted molar refractivity (Wildman–Crippen MR) is 68.5 cm³/mol. The van der Waals surface area contributed by atoms with Gasteiger partial charge in [-0.25, -0.2) is 13.1 Å². The second kappa shape index (κ2) is 4.71. The maximum atomic E-state index is 11.3. The molecule has 0 aromatic carbocycles. The summed E-state index contributed by atoms with van der Waals surface area (Å²) in [7, 11) is -3.37. The van der Waals surface area contributed by atoms with Gasteiger partial charge in [0.05, 0.1) is 6.26 Å². The average molecular weight is 282 g/mol. The summed E-state index contributed by atoms with van der Waals surface area (Å²) in [5, 5.41) is 3.83. The van der Waals surface area contributed by atoms with Crippen molar-refractivity contribution < 1.29 is 12.9 Å². The highest BCUT2D eigenvalue weighted by Crippen LogP contribution is 2.22. The van der Waals surface area contributed by atoms with Crippen LogP contribution in [0.5, 0.6) is 0 Å². The third-order valence-electron chi connectivity index (χ3n) is 2.34. The molecule has 0 spiro atoms. The molecule has 1 N–H and O–H groups in total. The molecule has 2 heterocycles. The lowest BCUT2D eigenvalue weighted by Gasteiger charge is -2.19. The van der Waals surface area contributed by atoms with Crippen LogP contribution in [0.4, 0.5) is 0 Å². The molecule has 0 unspecified atom stereocenters. The summed E-state index contributed by atoms with van der Waals surface area (Å²) in [6, 6.07) is 3.48. The van der Waals surface area contributed by atoms with E-state index in [0.717, 1.165) is 11.8 Å². The summed E-state index contributed by atoms with van der Waals surface area (Å²) in [5.41, 5.74) is -0.216. The number of hydrogen-bond donors (Lipinski definition) is 1. The minimum Gasteiger partial charge on any atom is -0.337 e. The fourth-order valence-electron chi connectivity index (χ4n) is 1.60. The van der Waals surface area contributed by atoms with Gasteiger partial charge in [0.25, 0.3) is 0 Å². The van der Waals surface area contributed by atoms with Crippen molar-refractivity contribution in [3.05, 3.63) is 30.4 Å². The van der Waals surface area contributed by atoms with E-state index in [1.54, 1.807) is 38.4 Å². The molecule has 7 nitrogen and oxygen atoms in total. The smallest absolute Gasteiger partial charge is 0.247 e. The van der Waals surface area contributed by atoms with Crippen LogP contribution < -0.4 is 4.72 Å². The molecule has 2 aromatic rings. The third kappa shape index (κ3) is 3.36. The Morgan fingerprint density at radius 2 is 1.89 bits per heavy atom. The van der Waals surface area contributed by atoms with Gasteiger partial charge >= 0.3 is 0 Å². The van der Waals surface area contributed by atoms with Gasteiger partial charge in [-0.2, -0.15) is 4.98 Å². The molecule has 0 saturated carbocycles. The van der Waals surface area contributed by atoms with Crippen LogP contribution in [-0.2, 0) is 15.6 Å². The second-order valence-electron chi connectivity index (χ2n) is 4.66. The van der Waals surface area contributed by atoms with Crippen LogP contribution in [0, 0.1) is 0 Å². The fourth-order valence-corrected chi connectivity index (χ4v) is 2.62. The van der Waals surface area contributed by atoms with E-state index >= 15 is 0 Å². The number of aromatic nitrogens is 3. The lowest BCUT2D eigenvalue weighted by atomic mass is 10.1. The highest BCUT2D eigenvalue weighted by molar-refractivity contribution is 7.88. The van der Waals surface area contributed by atoms with E-state index in [2.05, 4.69) is 19.8 Å². The first-order valence-electron chi connectivity index (χ1n) is 5.51. The van der Waals surface area contributed by atoms with Crippen LogP contribution in [-0.4, -0.2) is 29.8 Å². The zero-order valence-corrected chi connectivity index (χ0v) is 11.6. The summed E-state index contributed by atoms with van der Waals surface area (Å²) in [6.45, 7) is 3.30. The molecule has 0 radical (unpaired) electrons. The van der Waals surface area contributed by atoms with Crippen molar-refractivity contribution in [1.82, 2.24) is 19.8 Å². The van der Waals surface area contributed by atoms with Crippen LogP contribution in [0.3, 0.4) is 0 Å². The molecule has 0 saturated heterocycles. The third-order valence-corrected chi connectivity index (χ3v) is 3.22. The van der Waals surface area contributed by atoms with E-state index < -0.39 is 15.6 Å². The normalized spacial score (nSPS) is 12.6. The maximum Gasteiger partial charge on any atom is 0.247 e. The van der Waals surface area contributed by atoms with E-state index in [9.17, 15) is 8.42 Å². The number of rotatable bonds is 4. The largest absolute Gasteiger partial charge is 0.337 e. The van der Waals surface area contributed by atoms with Gasteiger partial charge in [-0.05, 0) is 26.0 Å². The molecule has 102 valence electrons. The van der Waals surface area contributed by atoms with Gasteiger partial charge in [-0.15, -0.1) is 0 Å². The average Bonchev–Trinajstić information content (AvgIpc) is 2.77. The zero-order valence-electron chi connectivity index (χ0n) is 10.8. The van der Waals surface area contributed by atoms with Gasteiger partial charge in [0.15, 0.2) is 0 Å². The summed E-state index contributed by atoms with van der Waals surface area (Å²) < 4.78 is 30.1. The van der Waals surface area contributed by atoms with Crippen molar-refractivity contribution in [2.45, 2.75) is 19.4 Å². The maximum absolute atomic E-state index is 11.3. The van der Waals surface area contributed by atoms with E-state index in [4.69, 9.17) is 4.52 Å². The monoisotopic (exact) mass is 282 g/mol.